The van der Waals surface area contributed by atoms with Gasteiger partial charge in [-0.25, -0.2) is 0 Å². The van der Waals surface area contributed by atoms with E-state index in [0.29, 0.717) is 0 Å². The van der Waals surface area contributed by atoms with Crippen molar-refractivity contribution in [2.75, 3.05) is 0 Å². The molecule has 0 heterocycles. The molecule has 0 atom stereocenters. The van der Waals surface area contributed by atoms with Crippen LogP contribution in [0.5, 0.6) is 0 Å². The SMILES string of the molecule is [GaH3].[Nd].[SbH3].[V].[W].[Zr]. The van der Waals surface area contributed by atoms with Gasteiger partial charge in [0.05, 0.1) is 0 Å². The first kappa shape index (κ1) is 44.2. The summed E-state index contributed by atoms with van der Waals surface area (Å²) in [6, 6.07) is 0. The van der Waals surface area contributed by atoms with Crippen molar-refractivity contribution < 1.29 is 107 Å². The first-order valence-electron chi connectivity index (χ1n) is 0. The largest absolute Gasteiger partial charge is 0 e. The molecule has 0 spiro atoms. The van der Waals surface area contributed by atoms with E-state index in [4.69, 9.17) is 0 Å². The third kappa shape index (κ3) is 23.1. The molecule has 1 radical (unpaired) electrons. The summed E-state index contributed by atoms with van der Waals surface area (Å²) in [6.45, 7) is 0. The van der Waals surface area contributed by atoms with Gasteiger partial charge < -0.3 is 0 Å². The van der Waals surface area contributed by atoms with Gasteiger partial charge in [-0.3, -0.25) is 0 Å². The fourth-order valence-corrected chi connectivity index (χ4v) is 0. The van der Waals surface area contributed by atoms with Crippen LogP contribution in [0.1, 0.15) is 0 Å². The molecule has 0 aliphatic heterocycles. The maximum absolute atomic E-state index is 0. The number of hydrogen-bond acceptors (Lipinski definition) is 0. The van der Waals surface area contributed by atoms with E-state index < -0.39 is 0 Å². The van der Waals surface area contributed by atoms with Crippen LogP contribution >= 0.6 is 0 Å². The van der Waals surface area contributed by atoms with Crippen molar-refractivity contribution >= 4 is 44.2 Å². The van der Waals surface area contributed by atoms with Crippen molar-refractivity contribution in [1.29, 1.82) is 0 Å². The maximum Gasteiger partial charge on any atom is 0 e. The molecule has 0 N–H and O–H groups in total. The Kier molecular flexibility index (Phi) is 239. The Morgan fingerprint density at radius 3 is 1.00 bits per heavy atom. The van der Waals surface area contributed by atoms with Crippen LogP contribution in [0, 0.1) is 40.8 Å². The predicted molar refractivity (Wildman–Crippen MR) is 19.9 cm³/mol. The fraction of sp³-hybridized carbons (Fsp3) is 0. The first-order valence-corrected chi connectivity index (χ1v) is 0. The zero-order chi connectivity index (χ0) is 0. The topological polar surface area (TPSA) is 0 Å². The third-order valence-corrected chi connectivity index (χ3v) is 0. The molecule has 0 bridgehead atoms. The fourth-order valence-electron chi connectivity index (χ4n) is 0. The summed E-state index contributed by atoms with van der Waals surface area (Å²) >= 11 is 0. The molecule has 0 nitrogen and oxygen atoms in total. The summed E-state index contributed by atoms with van der Waals surface area (Å²) in [5.74, 6) is 0. The monoisotopic (exact) mass is 663 g/mol. The molecule has 0 rings (SSSR count). The van der Waals surface area contributed by atoms with Gasteiger partial charge in [0.1, 0.15) is 0 Å². The Morgan fingerprint density at radius 2 is 1.00 bits per heavy atom. The van der Waals surface area contributed by atoms with Gasteiger partial charge in [0, 0.05) is 107 Å². The second-order valence-electron chi connectivity index (χ2n) is 0. The molecule has 0 aromatic rings. The molecular weight excluding hydrogens is 662 g/mol. The maximum atomic E-state index is 0. The van der Waals surface area contributed by atoms with Gasteiger partial charge in [-0.05, 0) is 0 Å². The average molecular weight is 668 g/mol. The Balaban J connectivity index is 0. The van der Waals surface area contributed by atoms with E-state index in [-0.39, 0.29) is 151 Å². The van der Waals surface area contributed by atoms with Crippen molar-refractivity contribution in [3.63, 3.8) is 0 Å². The van der Waals surface area contributed by atoms with Crippen molar-refractivity contribution in [1.82, 2.24) is 0 Å². The molecule has 0 aromatic heterocycles. The van der Waals surface area contributed by atoms with Crippen molar-refractivity contribution in [3.05, 3.63) is 0 Å². The van der Waals surface area contributed by atoms with E-state index in [0.717, 1.165) is 0 Å². The molecule has 33 valence electrons. The summed E-state index contributed by atoms with van der Waals surface area (Å²) in [5.41, 5.74) is 0. The van der Waals surface area contributed by atoms with E-state index in [1.807, 2.05) is 0 Å². The van der Waals surface area contributed by atoms with Gasteiger partial charge in [-0.2, -0.15) is 0 Å². The van der Waals surface area contributed by atoms with Crippen LogP contribution in [0.2, 0.25) is 0 Å². The van der Waals surface area contributed by atoms with Crippen LogP contribution in [0.3, 0.4) is 0 Å². The Bertz CT molecular complexity index is 15.5. The summed E-state index contributed by atoms with van der Waals surface area (Å²) in [7, 11) is 0. The van der Waals surface area contributed by atoms with Crippen molar-refractivity contribution in [2.24, 2.45) is 0 Å². The molecule has 0 aliphatic carbocycles. The Hall–Kier alpha value is 4.96. The molecule has 0 amide bonds. The summed E-state index contributed by atoms with van der Waals surface area (Å²) < 4.78 is 0. The van der Waals surface area contributed by atoms with Crippen LogP contribution in [0.4, 0.5) is 0 Å². The van der Waals surface area contributed by atoms with E-state index in [1.54, 1.807) is 0 Å². The molecule has 6 heavy (non-hydrogen) atoms. The molecule has 0 aromatic carbocycles. The summed E-state index contributed by atoms with van der Waals surface area (Å²) in [4.78, 5) is 0. The van der Waals surface area contributed by atoms with Crippen molar-refractivity contribution in [2.45, 2.75) is 0 Å². The minimum atomic E-state index is 0. The van der Waals surface area contributed by atoms with E-state index >= 15 is 0 Å². The average Bonchev–Trinajstić information content (AvgIpc) is 0. The molecule has 0 fully saturated rings. The predicted octanol–water partition coefficient (Wildman–Crippen LogP) is -2.38. The zero-order valence-corrected chi connectivity index (χ0v) is 16.6. The van der Waals surface area contributed by atoms with Gasteiger partial charge >= 0.3 is 44.2 Å². The van der Waals surface area contributed by atoms with E-state index in [1.165, 1.54) is 0 Å². The smallest absolute Gasteiger partial charge is 0 e. The molecule has 0 aliphatic rings. The summed E-state index contributed by atoms with van der Waals surface area (Å²) in [6.07, 6.45) is 0. The zero-order valence-electron chi connectivity index (χ0n) is 2.56. The van der Waals surface area contributed by atoms with Crippen LogP contribution in [0.15, 0.2) is 0 Å². The van der Waals surface area contributed by atoms with Crippen molar-refractivity contribution in [3.8, 4) is 0 Å². The first-order chi connectivity index (χ1) is 0. The molecular formula is H6GaNdSbVWZr. The second kappa shape index (κ2) is 32.5. The number of hydrogen-bond donors (Lipinski definition) is 0. The van der Waals surface area contributed by atoms with Gasteiger partial charge in [-0.1, -0.05) is 0 Å². The quantitative estimate of drug-likeness (QED) is 0.254. The third-order valence-electron chi connectivity index (χ3n) is 0. The summed E-state index contributed by atoms with van der Waals surface area (Å²) in [5, 5.41) is 0. The van der Waals surface area contributed by atoms with Crippen LogP contribution in [-0.4, -0.2) is 44.2 Å². The number of rotatable bonds is 0. The second-order valence-corrected chi connectivity index (χ2v) is 0. The normalized spacial score (nSPS) is 0. The van der Waals surface area contributed by atoms with Crippen LogP contribution < -0.4 is 0 Å². The van der Waals surface area contributed by atoms with E-state index in [2.05, 4.69) is 0 Å². The van der Waals surface area contributed by atoms with Gasteiger partial charge in [0.25, 0.3) is 0 Å². The van der Waals surface area contributed by atoms with Gasteiger partial charge in [0.15, 0.2) is 0 Å². The minimum Gasteiger partial charge on any atom is 0 e. The van der Waals surface area contributed by atoms with Gasteiger partial charge in [-0.15, -0.1) is 0 Å². The molecule has 6 heteroatoms. The molecule has 0 saturated carbocycles. The minimum absolute atomic E-state index is 0. The van der Waals surface area contributed by atoms with Gasteiger partial charge in [0.2, 0.25) is 0 Å². The van der Waals surface area contributed by atoms with Crippen LogP contribution in [-0.2, 0) is 65.8 Å². The van der Waals surface area contributed by atoms with E-state index in [9.17, 15) is 0 Å². The Labute approximate surface area is 147 Å². The standard InChI is InChI=1S/Ga.Nd.Sb.V.W.Zr.6H. The van der Waals surface area contributed by atoms with Crippen LogP contribution in [0.25, 0.3) is 0 Å². The molecule has 0 unspecified atom stereocenters. The molecule has 0 saturated heterocycles. The Morgan fingerprint density at radius 1 is 1.00 bits per heavy atom.